The molecule has 1 aromatic carbocycles. The Morgan fingerprint density at radius 3 is 2.50 bits per heavy atom. The molecule has 2 amide bonds. The van der Waals surface area contributed by atoms with Gasteiger partial charge in [0.1, 0.15) is 0 Å². The molecule has 1 aromatic rings. The van der Waals surface area contributed by atoms with Crippen molar-refractivity contribution in [3.8, 4) is 0 Å². The van der Waals surface area contributed by atoms with Gasteiger partial charge in [0.2, 0.25) is 18.5 Å². The first-order valence-corrected chi connectivity index (χ1v) is 5.39. The van der Waals surface area contributed by atoms with Crippen LogP contribution < -0.4 is 10.6 Å². The summed E-state index contributed by atoms with van der Waals surface area (Å²) < 4.78 is 0. The summed E-state index contributed by atoms with van der Waals surface area (Å²) in [4.78, 5) is 32.3. The summed E-state index contributed by atoms with van der Waals surface area (Å²) in [6.45, 7) is 0. The number of hydrogen-bond acceptors (Lipinski definition) is 3. The van der Waals surface area contributed by atoms with Crippen LogP contribution in [0.25, 0.3) is 0 Å². The minimum atomic E-state index is -1.38. The molecule has 0 aromatic heterocycles. The highest BCUT2D eigenvalue weighted by molar-refractivity contribution is 5.84. The molecular weight excluding hydrogens is 236 g/mol. The van der Waals surface area contributed by atoms with E-state index in [4.69, 9.17) is 5.11 Å². The molecule has 0 bridgehead atoms. The Balaban J connectivity index is 2.41. The van der Waals surface area contributed by atoms with Gasteiger partial charge in [0.25, 0.3) is 0 Å². The summed E-state index contributed by atoms with van der Waals surface area (Å²) in [7, 11) is 0. The summed E-state index contributed by atoms with van der Waals surface area (Å²) in [5, 5.41) is 12.9. The zero-order valence-corrected chi connectivity index (χ0v) is 9.63. The number of carbonyl (C=O) groups excluding carboxylic acids is 2. The van der Waals surface area contributed by atoms with E-state index >= 15 is 0 Å². The van der Waals surface area contributed by atoms with Crippen LogP contribution in [0.1, 0.15) is 12.0 Å². The van der Waals surface area contributed by atoms with Gasteiger partial charge < -0.3 is 15.7 Å². The number of nitrogens with one attached hydrogen (secondary N) is 2. The zero-order valence-electron chi connectivity index (χ0n) is 9.63. The summed E-state index contributed by atoms with van der Waals surface area (Å²) in [5.74, 6) is -1.74. The van der Waals surface area contributed by atoms with Crippen molar-refractivity contribution in [1.29, 1.82) is 0 Å². The molecule has 1 atom stereocenters. The molecule has 0 saturated carbocycles. The summed E-state index contributed by atoms with van der Waals surface area (Å²) >= 11 is 0. The van der Waals surface area contributed by atoms with E-state index in [1.807, 2.05) is 35.6 Å². The Hall–Kier alpha value is -2.37. The third-order valence-corrected chi connectivity index (χ3v) is 2.27. The van der Waals surface area contributed by atoms with Crippen LogP contribution in [0.3, 0.4) is 0 Å². The van der Waals surface area contributed by atoms with Crippen LogP contribution in [0.5, 0.6) is 0 Å². The molecular formula is C12H14N2O4. The van der Waals surface area contributed by atoms with Crippen LogP contribution in [-0.2, 0) is 20.8 Å². The Morgan fingerprint density at radius 2 is 1.94 bits per heavy atom. The van der Waals surface area contributed by atoms with Crippen LogP contribution in [-0.4, -0.2) is 29.6 Å². The van der Waals surface area contributed by atoms with Crippen LogP contribution in [0.15, 0.2) is 30.3 Å². The lowest BCUT2D eigenvalue weighted by Crippen LogP contribution is -2.50. The summed E-state index contributed by atoms with van der Waals surface area (Å²) in [6.07, 6.45) is -0.476. The van der Waals surface area contributed by atoms with Crippen molar-refractivity contribution in [2.45, 2.75) is 19.0 Å². The highest BCUT2D eigenvalue weighted by Crippen LogP contribution is 2.02. The van der Waals surface area contributed by atoms with Crippen molar-refractivity contribution in [3.63, 3.8) is 0 Å². The van der Waals surface area contributed by atoms with E-state index in [0.717, 1.165) is 5.56 Å². The van der Waals surface area contributed by atoms with Gasteiger partial charge in [-0.05, 0) is 12.0 Å². The van der Waals surface area contributed by atoms with E-state index in [1.165, 1.54) is 0 Å². The molecule has 0 fully saturated rings. The molecule has 0 aliphatic carbocycles. The standard InChI is InChI=1S/C12H14N2O4/c15-8-13-11(12(17)18)14-10(16)7-6-9-4-2-1-3-5-9/h1-5,8,11H,6-7H2,(H,13,15)(H,14,16)(H,17,18). The zero-order chi connectivity index (χ0) is 13.4. The topological polar surface area (TPSA) is 95.5 Å². The molecule has 18 heavy (non-hydrogen) atoms. The predicted molar refractivity (Wildman–Crippen MR) is 63.5 cm³/mol. The maximum Gasteiger partial charge on any atom is 0.347 e. The van der Waals surface area contributed by atoms with E-state index < -0.39 is 18.0 Å². The van der Waals surface area contributed by atoms with Gasteiger partial charge >= 0.3 is 5.97 Å². The van der Waals surface area contributed by atoms with Crippen molar-refractivity contribution < 1.29 is 19.5 Å². The number of rotatable bonds is 7. The highest BCUT2D eigenvalue weighted by atomic mass is 16.4. The van der Waals surface area contributed by atoms with Gasteiger partial charge in [-0.3, -0.25) is 9.59 Å². The Labute approximate surface area is 104 Å². The maximum atomic E-state index is 11.5. The van der Waals surface area contributed by atoms with Crippen LogP contribution in [0.2, 0.25) is 0 Å². The molecule has 0 heterocycles. The molecule has 0 saturated heterocycles. The number of aliphatic carboxylic acids is 1. The van der Waals surface area contributed by atoms with E-state index in [2.05, 4.69) is 5.32 Å². The number of aryl methyl sites for hydroxylation is 1. The number of carbonyl (C=O) groups is 3. The second-order valence-electron chi connectivity index (χ2n) is 3.61. The molecule has 0 spiro atoms. The van der Waals surface area contributed by atoms with Crippen LogP contribution in [0.4, 0.5) is 0 Å². The third kappa shape index (κ3) is 4.65. The van der Waals surface area contributed by atoms with Gasteiger partial charge in [-0.1, -0.05) is 30.3 Å². The lowest BCUT2D eigenvalue weighted by Gasteiger charge is -2.12. The van der Waals surface area contributed by atoms with Gasteiger partial charge in [0.05, 0.1) is 0 Å². The van der Waals surface area contributed by atoms with Gasteiger partial charge in [0.15, 0.2) is 0 Å². The lowest BCUT2D eigenvalue weighted by atomic mass is 10.1. The molecule has 0 aliphatic heterocycles. The Bertz CT molecular complexity index is 419. The van der Waals surface area contributed by atoms with Crippen molar-refractivity contribution in [1.82, 2.24) is 10.6 Å². The predicted octanol–water partition coefficient (Wildman–Crippen LogP) is -0.108. The average molecular weight is 250 g/mol. The Morgan fingerprint density at radius 1 is 1.28 bits per heavy atom. The van der Waals surface area contributed by atoms with Gasteiger partial charge in [-0.25, -0.2) is 4.79 Å². The average Bonchev–Trinajstić information content (AvgIpc) is 2.37. The first kappa shape index (κ1) is 13.7. The molecule has 1 rings (SSSR count). The number of carboxylic acids is 1. The number of hydrogen-bond donors (Lipinski definition) is 3. The lowest BCUT2D eigenvalue weighted by molar-refractivity contribution is -0.143. The van der Waals surface area contributed by atoms with Gasteiger partial charge in [0, 0.05) is 6.42 Å². The fourth-order valence-electron chi connectivity index (χ4n) is 1.38. The molecule has 0 aliphatic rings. The van der Waals surface area contributed by atoms with Crippen molar-refractivity contribution in [2.24, 2.45) is 0 Å². The normalized spacial score (nSPS) is 11.3. The SMILES string of the molecule is O=CNC(NC(=O)CCc1ccccc1)C(=O)O. The first-order chi connectivity index (χ1) is 8.63. The van der Waals surface area contributed by atoms with Gasteiger partial charge in [-0.15, -0.1) is 0 Å². The minimum absolute atomic E-state index is 0.161. The van der Waals surface area contributed by atoms with Crippen LogP contribution in [0, 0.1) is 0 Å². The molecule has 6 heteroatoms. The quantitative estimate of drug-likeness (QED) is 0.465. The molecule has 6 nitrogen and oxygen atoms in total. The fraction of sp³-hybridized carbons (Fsp3) is 0.250. The van der Waals surface area contributed by atoms with E-state index in [-0.39, 0.29) is 12.8 Å². The van der Waals surface area contributed by atoms with E-state index in [1.54, 1.807) is 0 Å². The number of carboxylic acid groups (broad SMARTS) is 1. The van der Waals surface area contributed by atoms with E-state index in [0.29, 0.717) is 6.42 Å². The summed E-state index contributed by atoms with van der Waals surface area (Å²) in [6, 6.07) is 9.36. The maximum absolute atomic E-state index is 11.5. The fourth-order valence-corrected chi connectivity index (χ4v) is 1.38. The van der Waals surface area contributed by atoms with Crippen molar-refractivity contribution in [2.75, 3.05) is 0 Å². The minimum Gasteiger partial charge on any atom is -0.478 e. The number of amides is 2. The highest BCUT2D eigenvalue weighted by Gasteiger charge is 2.18. The molecule has 3 N–H and O–H groups in total. The third-order valence-electron chi connectivity index (χ3n) is 2.27. The monoisotopic (exact) mass is 250 g/mol. The Kier molecular flexibility index (Phi) is 5.37. The van der Waals surface area contributed by atoms with Gasteiger partial charge in [-0.2, -0.15) is 0 Å². The second kappa shape index (κ2) is 7.05. The first-order valence-electron chi connectivity index (χ1n) is 5.39. The van der Waals surface area contributed by atoms with Crippen molar-refractivity contribution in [3.05, 3.63) is 35.9 Å². The smallest absolute Gasteiger partial charge is 0.347 e. The van der Waals surface area contributed by atoms with Crippen LogP contribution >= 0.6 is 0 Å². The number of benzene rings is 1. The molecule has 96 valence electrons. The molecule has 0 radical (unpaired) electrons. The van der Waals surface area contributed by atoms with E-state index in [9.17, 15) is 14.4 Å². The van der Waals surface area contributed by atoms with Crippen molar-refractivity contribution >= 4 is 18.3 Å². The molecule has 1 unspecified atom stereocenters. The second-order valence-corrected chi connectivity index (χ2v) is 3.61. The summed E-state index contributed by atoms with van der Waals surface area (Å²) in [5.41, 5.74) is 0.989. The largest absolute Gasteiger partial charge is 0.478 e.